The lowest BCUT2D eigenvalue weighted by atomic mass is 9.55. The predicted octanol–water partition coefficient (Wildman–Crippen LogP) is 9.06. The van der Waals surface area contributed by atoms with Gasteiger partial charge in [0.15, 0.2) is 5.78 Å². The van der Waals surface area contributed by atoms with Crippen LogP contribution in [0.15, 0.2) is 158 Å². The van der Waals surface area contributed by atoms with Crippen molar-refractivity contribution in [2.24, 2.45) is 5.92 Å². The molecule has 0 fully saturated rings. The van der Waals surface area contributed by atoms with Crippen LogP contribution in [0.5, 0.6) is 0 Å². The zero-order chi connectivity index (χ0) is 29.4. The molecule has 2 nitrogen and oxygen atoms in total. The molecule has 7 rings (SSSR count). The second-order valence-corrected chi connectivity index (χ2v) is 12.0. The molecule has 1 aliphatic carbocycles. The molecule has 0 amide bonds. The molecule has 0 saturated carbocycles. The Morgan fingerprint density at radius 1 is 0.674 bits per heavy atom. The Balaban J connectivity index is 1.57. The van der Waals surface area contributed by atoms with Gasteiger partial charge in [0.2, 0.25) is 0 Å². The first-order valence-electron chi connectivity index (χ1n) is 15.0. The lowest BCUT2D eigenvalue weighted by molar-refractivity contribution is 0.0878. The Morgan fingerprint density at radius 3 is 1.86 bits per heavy atom. The Bertz CT molecular complexity index is 1820. The van der Waals surface area contributed by atoms with Gasteiger partial charge in [0.25, 0.3) is 0 Å². The number of ketones is 1. The van der Waals surface area contributed by atoms with E-state index < -0.39 is 16.9 Å². The highest BCUT2D eigenvalue weighted by Crippen LogP contribution is 2.61. The number of hydrogen-bond donors (Lipinski definition) is 0. The van der Waals surface area contributed by atoms with Gasteiger partial charge in [-0.3, -0.25) is 4.79 Å². The van der Waals surface area contributed by atoms with Crippen LogP contribution in [-0.2, 0) is 11.8 Å². The second-order valence-electron chi connectivity index (χ2n) is 12.0. The van der Waals surface area contributed by atoms with Crippen molar-refractivity contribution in [1.29, 1.82) is 0 Å². The van der Waals surface area contributed by atoms with Gasteiger partial charge >= 0.3 is 0 Å². The summed E-state index contributed by atoms with van der Waals surface area (Å²) >= 11 is 0. The van der Waals surface area contributed by atoms with Gasteiger partial charge in [-0.2, -0.15) is 0 Å². The van der Waals surface area contributed by atoms with E-state index in [0.717, 1.165) is 34.3 Å². The number of carbonyl (C=O) groups excluding carboxylic acids is 1. The first-order chi connectivity index (χ1) is 21.0. The molecule has 210 valence electrons. The van der Waals surface area contributed by atoms with Gasteiger partial charge in [-0.1, -0.05) is 146 Å². The van der Waals surface area contributed by atoms with E-state index in [1.54, 1.807) is 0 Å². The van der Waals surface area contributed by atoms with Crippen LogP contribution in [0.2, 0.25) is 0 Å². The summed E-state index contributed by atoms with van der Waals surface area (Å²) in [6.07, 6.45) is 5.47. The molecule has 5 aromatic carbocycles. The number of allylic oxidation sites excluding steroid dienone is 2. The zero-order valence-corrected chi connectivity index (χ0v) is 24.7. The molecule has 0 saturated heterocycles. The van der Waals surface area contributed by atoms with Crippen molar-refractivity contribution < 1.29 is 4.79 Å². The minimum atomic E-state index is -0.704. The van der Waals surface area contributed by atoms with E-state index >= 15 is 4.79 Å². The first-order valence-corrected chi connectivity index (χ1v) is 15.0. The molecule has 2 heteroatoms. The highest BCUT2D eigenvalue weighted by molar-refractivity contribution is 6.10. The Labute approximate surface area is 254 Å². The van der Waals surface area contributed by atoms with E-state index in [2.05, 4.69) is 140 Å². The largest absolute Gasteiger partial charge is 0.363 e. The molecule has 0 unspecified atom stereocenters. The molecular formula is C41H35NO. The summed E-state index contributed by atoms with van der Waals surface area (Å²) in [7, 11) is 2.19. The maximum absolute atomic E-state index is 15.1. The SMILES string of the molecule is CN1c2ccccc2[C@](C)(Cc2ccccc2)[C@@]12C=C(c1ccccc1)C=C(c1ccccc1)[C@H]2C(=O)c1ccccc1. The molecule has 2 aliphatic rings. The fourth-order valence-electron chi connectivity index (χ4n) is 7.67. The van der Waals surface area contributed by atoms with Crippen molar-refractivity contribution in [3.63, 3.8) is 0 Å². The third kappa shape index (κ3) is 4.29. The van der Waals surface area contributed by atoms with Crippen molar-refractivity contribution in [1.82, 2.24) is 0 Å². The lowest BCUT2D eigenvalue weighted by Gasteiger charge is -2.53. The average molecular weight is 558 g/mol. The van der Waals surface area contributed by atoms with Crippen LogP contribution in [0.1, 0.15) is 39.5 Å². The van der Waals surface area contributed by atoms with Gasteiger partial charge in [-0.25, -0.2) is 0 Å². The van der Waals surface area contributed by atoms with Crippen molar-refractivity contribution in [3.05, 3.63) is 186 Å². The predicted molar refractivity (Wildman–Crippen MR) is 178 cm³/mol. The van der Waals surface area contributed by atoms with Crippen LogP contribution in [0.3, 0.4) is 0 Å². The number of nitrogens with zero attached hydrogens (tertiary/aromatic N) is 1. The summed E-state index contributed by atoms with van der Waals surface area (Å²) in [5.74, 6) is -0.325. The van der Waals surface area contributed by atoms with Gasteiger partial charge in [-0.15, -0.1) is 0 Å². The third-order valence-electron chi connectivity index (χ3n) is 9.67. The maximum atomic E-state index is 15.1. The number of fused-ring (bicyclic) bond motifs is 1. The van der Waals surface area contributed by atoms with Crippen molar-refractivity contribution in [3.8, 4) is 0 Å². The quantitative estimate of drug-likeness (QED) is 0.194. The number of likely N-dealkylation sites (N-methyl/N-ethyl adjacent to an activating group) is 1. The van der Waals surface area contributed by atoms with Crippen molar-refractivity contribution >= 4 is 22.6 Å². The molecule has 43 heavy (non-hydrogen) atoms. The van der Waals surface area contributed by atoms with Gasteiger partial charge in [0.1, 0.15) is 0 Å². The average Bonchev–Trinajstić information content (AvgIpc) is 3.24. The van der Waals surface area contributed by atoms with Crippen LogP contribution < -0.4 is 4.90 Å². The summed E-state index contributed by atoms with van der Waals surface area (Å²) < 4.78 is 0. The number of hydrogen-bond acceptors (Lipinski definition) is 2. The molecule has 0 bridgehead atoms. The van der Waals surface area contributed by atoms with Gasteiger partial charge < -0.3 is 4.90 Å². The molecule has 0 radical (unpaired) electrons. The van der Waals surface area contributed by atoms with Crippen LogP contribution >= 0.6 is 0 Å². The van der Waals surface area contributed by atoms with Crippen molar-refractivity contribution in [2.75, 3.05) is 11.9 Å². The number of rotatable bonds is 6. The smallest absolute Gasteiger partial charge is 0.173 e. The van der Waals surface area contributed by atoms with E-state index in [1.165, 1.54) is 16.8 Å². The number of para-hydroxylation sites is 1. The molecule has 5 aromatic rings. The monoisotopic (exact) mass is 557 g/mol. The first kappa shape index (κ1) is 26.9. The Morgan fingerprint density at radius 2 is 1.21 bits per heavy atom. The minimum Gasteiger partial charge on any atom is -0.363 e. The van der Waals surface area contributed by atoms with E-state index in [1.807, 2.05) is 36.4 Å². The van der Waals surface area contributed by atoms with Gasteiger partial charge in [0.05, 0.1) is 11.5 Å². The molecular weight excluding hydrogens is 522 g/mol. The molecule has 1 heterocycles. The van der Waals surface area contributed by atoms with Gasteiger partial charge in [0, 0.05) is 23.7 Å². The minimum absolute atomic E-state index is 0.137. The van der Waals surface area contributed by atoms with Crippen LogP contribution in [0, 0.1) is 5.92 Å². The lowest BCUT2D eigenvalue weighted by Crippen LogP contribution is -2.63. The highest BCUT2D eigenvalue weighted by atomic mass is 16.1. The standard InChI is InChI=1S/C41H35NO/c1-40(28-30-17-7-3-8-18-30)36-25-15-16-26-37(36)42(2)41(40)29-34(31-19-9-4-10-20-31)27-35(32-21-11-5-12-22-32)38(41)39(43)33-23-13-6-14-24-33/h3-27,29,38H,28H2,1-2H3/t38-,40-,41-/m0/s1. The fraction of sp³-hybridized carbons (Fsp3) is 0.146. The van der Waals surface area contributed by atoms with Crippen molar-refractivity contribution in [2.45, 2.75) is 24.3 Å². The summed E-state index contributed by atoms with van der Waals surface area (Å²) in [6.45, 7) is 2.38. The maximum Gasteiger partial charge on any atom is 0.173 e. The van der Waals surface area contributed by atoms with E-state index in [9.17, 15) is 0 Å². The second kappa shape index (κ2) is 10.7. The summed E-state index contributed by atoms with van der Waals surface area (Å²) in [5.41, 5.74) is 7.69. The van der Waals surface area contributed by atoms with Crippen LogP contribution in [0.4, 0.5) is 5.69 Å². The Hall–Kier alpha value is -4.95. The molecule has 0 N–H and O–H groups in total. The molecule has 0 aromatic heterocycles. The van der Waals surface area contributed by atoms with Crippen LogP contribution in [0.25, 0.3) is 11.1 Å². The van der Waals surface area contributed by atoms with Crippen LogP contribution in [-0.4, -0.2) is 18.4 Å². The van der Waals surface area contributed by atoms with E-state index in [0.29, 0.717) is 0 Å². The van der Waals surface area contributed by atoms with E-state index in [-0.39, 0.29) is 5.78 Å². The number of carbonyl (C=O) groups is 1. The molecule has 3 atom stereocenters. The summed E-state index contributed by atoms with van der Waals surface area (Å²) in [4.78, 5) is 17.5. The highest BCUT2D eigenvalue weighted by Gasteiger charge is 2.64. The summed E-state index contributed by atoms with van der Waals surface area (Å²) in [5, 5.41) is 0. The Kier molecular flexibility index (Phi) is 6.70. The topological polar surface area (TPSA) is 20.3 Å². The number of Topliss-reactive ketones (excluding diaryl/α,β-unsaturated/α-hetero) is 1. The third-order valence-corrected chi connectivity index (χ3v) is 9.67. The number of benzene rings is 5. The summed E-state index contributed by atoms with van der Waals surface area (Å²) in [6, 6.07) is 50.4. The van der Waals surface area contributed by atoms with Gasteiger partial charge in [-0.05, 0) is 58.0 Å². The zero-order valence-electron chi connectivity index (χ0n) is 24.7. The number of anilines is 1. The normalized spacial score (nSPS) is 22.6. The van der Waals surface area contributed by atoms with E-state index in [4.69, 9.17) is 0 Å². The molecule has 1 aliphatic heterocycles. The molecule has 1 spiro atoms. The fourth-order valence-corrected chi connectivity index (χ4v) is 7.67.